The average Bonchev–Trinajstić information content (AvgIpc) is 2.14. The maximum absolute atomic E-state index is 10.9. The molecule has 1 amide bonds. The largest absolute Gasteiger partial charge is 0.480 e. The molecular formula is C9H13NO4. The highest BCUT2D eigenvalue weighted by Crippen LogP contribution is 1.94. The highest BCUT2D eigenvalue weighted by atomic mass is 16.5. The highest BCUT2D eigenvalue weighted by molar-refractivity contribution is 5.80. The van der Waals surface area contributed by atoms with Crippen LogP contribution in [0.5, 0.6) is 0 Å². The van der Waals surface area contributed by atoms with Crippen molar-refractivity contribution in [3.63, 3.8) is 0 Å². The molecule has 0 radical (unpaired) electrons. The van der Waals surface area contributed by atoms with E-state index in [0.29, 0.717) is 0 Å². The van der Waals surface area contributed by atoms with Crippen molar-refractivity contribution in [2.45, 2.75) is 12.5 Å². The maximum Gasteiger partial charge on any atom is 0.408 e. The van der Waals surface area contributed by atoms with Crippen molar-refractivity contribution >= 4 is 12.1 Å². The third kappa shape index (κ3) is 4.97. The molecule has 0 aliphatic heterocycles. The zero-order chi connectivity index (χ0) is 11.0. The summed E-state index contributed by atoms with van der Waals surface area (Å²) in [4.78, 5) is 21.5. The normalized spacial score (nSPS) is 11.1. The minimum atomic E-state index is -1.12. The van der Waals surface area contributed by atoms with Crippen LogP contribution in [0.1, 0.15) is 6.42 Å². The van der Waals surface area contributed by atoms with Gasteiger partial charge in [-0.1, -0.05) is 18.7 Å². The molecule has 78 valence electrons. The third-order valence-electron chi connectivity index (χ3n) is 1.32. The first kappa shape index (κ1) is 12.2. The molecule has 0 saturated carbocycles. The second kappa shape index (κ2) is 6.71. The van der Waals surface area contributed by atoms with E-state index in [1.165, 1.54) is 12.2 Å². The van der Waals surface area contributed by atoms with Gasteiger partial charge in [0.25, 0.3) is 0 Å². The van der Waals surface area contributed by atoms with Gasteiger partial charge in [-0.3, -0.25) is 0 Å². The number of hydrogen-bond donors (Lipinski definition) is 2. The molecule has 0 fully saturated rings. The van der Waals surface area contributed by atoms with E-state index >= 15 is 0 Å². The Balaban J connectivity index is 4.01. The maximum atomic E-state index is 10.9. The number of ether oxygens (including phenoxy) is 1. The van der Waals surface area contributed by atoms with E-state index in [4.69, 9.17) is 5.11 Å². The first-order valence-corrected chi connectivity index (χ1v) is 3.99. The van der Waals surface area contributed by atoms with Crippen LogP contribution in [0.15, 0.2) is 25.3 Å². The molecule has 2 N–H and O–H groups in total. The van der Waals surface area contributed by atoms with Gasteiger partial charge in [0.1, 0.15) is 12.6 Å². The van der Waals surface area contributed by atoms with Gasteiger partial charge in [-0.15, -0.1) is 6.58 Å². The number of rotatable bonds is 6. The van der Waals surface area contributed by atoms with Crippen molar-refractivity contribution < 1.29 is 19.4 Å². The van der Waals surface area contributed by atoms with Gasteiger partial charge < -0.3 is 15.2 Å². The van der Waals surface area contributed by atoms with E-state index in [1.807, 2.05) is 0 Å². The number of nitrogens with one attached hydrogen (secondary N) is 1. The summed E-state index contributed by atoms with van der Waals surface area (Å²) in [5.41, 5.74) is 0. The van der Waals surface area contributed by atoms with Crippen LogP contribution in [-0.4, -0.2) is 29.8 Å². The van der Waals surface area contributed by atoms with Gasteiger partial charge in [-0.2, -0.15) is 0 Å². The van der Waals surface area contributed by atoms with Crippen LogP contribution in [0.3, 0.4) is 0 Å². The number of hydrogen-bond acceptors (Lipinski definition) is 3. The Labute approximate surface area is 82.1 Å². The smallest absolute Gasteiger partial charge is 0.408 e. The number of carboxylic acids is 1. The molecule has 0 rings (SSSR count). The zero-order valence-corrected chi connectivity index (χ0v) is 7.73. The summed E-state index contributed by atoms with van der Waals surface area (Å²) in [5, 5.41) is 10.8. The van der Waals surface area contributed by atoms with Gasteiger partial charge >= 0.3 is 12.1 Å². The van der Waals surface area contributed by atoms with Gasteiger partial charge in [0.15, 0.2) is 0 Å². The molecule has 0 aromatic carbocycles. The Morgan fingerprint density at radius 2 is 2.07 bits per heavy atom. The fourth-order valence-electron chi connectivity index (χ4n) is 0.707. The molecule has 0 bridgehead atoms. The Hall–Kier alpha value is -1.78. The van der Waals surface area contributed by atoms with Crippen molar-refractivity contribution in [2.24, 2.45) is 0 Å². The van der Waals surface area contributed by atoms with Crippen molar-refractivity contribution in [3.05, 3.63) is 25.3 Å². The fraction of sp³-hybridized carbons (Fsp3) is 0.333. The second-order valence-electron chi connectivity index (χ2n) is 2.45. The van der Waals surface area contributed by atoms with Crippen LogP contribution in [0.4, 0.5) is 4.79 Å². The lowest BCUT2D eigenvalue weighted by atomic mass is 10.2. The molecule has 0 aromatic heterocycles. The molecule has 0 heterocycles. The van der Waals surface area contributed by atoms with Crippen molar-refractivity contribution in [1.29, 1.82) is 0 Å². The first-order chi connectivity index (χ1) is 6.61. The van der Waals surface area contributed by atoms with E-state index < -0.39 is 18.1 Å². The Kier molecular flexibility index (Phi) is 5.85. The quantitative estimate of drug-likeness (QED) is 0.624. The third-order valence-corrected chi connectivity index (χ3v) is 1.32. The minimum absolute atomic E-state index is 0.0479. The lowest BCUT2D eigenvalue weighted by Gasteiger charge is -2.11. The second-order valence-corrected chi connectivity index (χ2v) is 2.45. The predicted octanol–water partition coefficient (Wildman–Crippen LogP) is 0.928. The molecule has 1 atom stereocenters. The molecule has 0 aliphatic carbocycles. The van der Waals surface area contributed by atoms with E-state index in [2.05, 4.69) is 23.2 Å². The lowest BCUT2D eigenvalue weighted by Crippen LogP contribution is -2.40. The summed E-state index contributed by atoms with van der Waals surface area (Å²) < 4.78 is 4.55. The zero-order valence-electron chi connectivity index (χ0n) is 7.73. The monoisotopic (exact) mass is 199 g/mol. The molecule has 0 aromatic rings. The van der Waals surface area contributed by atoms with Crippen molar-refractivity contribution in [3.8, 4) is 0 Å². The van der Waals surface area contributed by atoms with E-state index in [-0.39, 0.29) is 13.0 Å². The number of alkyl carbamates (subject to hydrolysis) is 1. The van der Waals surface area contributed by atoms with Gasteiger partial charge in [0.05, 0.1) is 0 Å². The van der Waals surface area contributed by atoms with Crippen LogP contribution in [-0.2, 0) is 9.53 Å². The SMILES string of the molecule is C=CCOC(=O)NC(CC=C)C(=O)O. The van der Waals surface area contributed by atoms with Gasteiger partial charge in [0, 0.05) is 0 Å². The van der Waals surface area contributed by atoms with E-state index in [0.717, 1.165) is 0 Å². The van der Waals surface area contributed by atoms with Crippen LogP contribution < -0.4 is 5.32 Å². The first-order valence-electron chi connectivity index (χ1n) is 3.99. The fourth-order valence-corrected chi connectivity index (χ4v) is 0.707. The summed E-state index contributed by atoms with van der Waals surface area (Å²) >= 11 is 0. The van der Waals surface area contributed by atoms with Gasteiger partial charge in [-0.05, 0) is 6.42 Å². The standard InChI is InChI=1S/C9H13NO4/c1-3-5-7(8(11)12)10-9(13)14-6-4-2/h3-4,7H,1-2,5-6H2,(H,10,13)(H,11,12). The van der Waals surface area contributed by atoms with Crippen LogP contribution >= 0.6 is 0 Å². The van der Waals surface area contributed by atoms with Crippen LogP contribution in [0, 0.1) is 0 Å². The van der Waals surface area contributed by atoms with Crippen LogP contribution in [0.2, 0.25) is 0 Å². The number of amides is 1. The number of aliphatic carboxylic acids is 1. The van der Waals surface area contributed by atoms with Crippen molar-refractivity contribution in [1.82, 2.24) is 5.32 Å². The molecule has 14 heavy (non-hydrogen) atoms. The molecule has 5 heteroatoms. The Morgan fingerprint density at radius 1 is 1.43 bits per heavy atom. The summed E-state index contributed by atoms with van der Waals surface area (Å²) in [5.74, 6) is -1.12. The highest BCUT2D eigenvalue weighted by Gasteiger charge is 2.18. The molecule has 0 spiro atoms. The number of carboxylic acid groups (broad SMARTS) is 1. The van der Waals surface area contributed by atoms with Gasteiger partial charge in [-0.25, -0.2) is 9.59 Å². The average molecular weight is 199 g/mol. The van der Waals surface area contributed by atoms with Crippen molar-refractivity contribution in [2.75, 3.05) is 6.61 Å². The molecular weight excluding hydrogens is 186 g/mol. The predicted molar refractivity (Wildman–Crippen MR) is 50.9 cm³/mol. The van der Waals surface area contributed by atoms with Gasteiger partial charge in [0.2, 0.25) is 0 Å². The van der Waals surface area contributed by atoms with E-state index in [9.17, 15) is 9.59 Å². The summed E-state index contributed by atoms with van der Waals surface area (Å²) in [7, 11) is 0. The van der Waals surface area contributed by atoms with Crippen LogP contribution in [0.25, 0.3) is 0 Å². The summed E-state index contributed by atoms with van der Waals surface area (Å²) in [6.07, 6.45) is 2.17. The lowest BCUT2D eigenvalue weighted by molar-refractivity contribution is -0.139. The number of carbonyl (C=O) groups excluding carboxylic acids is 1. The Morgan fingerprint density at radius 3 is 2.50 bits per heavy atom. The minimum Gasteiger partial charge on any atom is -0.480 e. The summed E-state index contributed by atoms with van der Waals surface area (Å²) in [6.45, 7) is 6.77. The topological polar surface area (TPSA) is 75.6 Å². The molecule has 5 nitrogen and oxygen atoms in total. The van der Waals surface area contributed by atoms with E-state index in [1.54, 1.807) is 0 Å². The molecule has 1 unspecified atom stereocenters. The summed E-state index contributed by atoms with van der Waals surface area (Å²) in [6, 6.07) is -0.996. The Bertz CT molecular complexity index is 237. The molecule has 0 aliphatic rings. The number of carbonyl (C=O) groups is 2. The molecule has 0 saturated heterocycles.